The molecule has 0 saturated carbocycles. The van der Waals surface area contributed by atoms with E-state index in [9.17, 15) is 0 Å². The Balaban J connectivity index is -0.0000000750. The first-order valence-corrected chi connectivity index (χ1v) is 2.60. The molecule has 0 spiro atoms. The molecule has 0 heterocycles. The minimum atomic E-state index is -4.67. The van der Waals surface area contributed by atoms with Crippen LogP contribution in [0.3, 0.4) is 0 Å². The summed E-state index contributed by atoms with van der Waals surface area (Å²) >= 11 is 3.64. The molecule has 48 valence electrons. The summed E-state index contributed by atoms with van der Waals surface area (Å²) in [7, 11) is -4.67. The van der Waals surface area contributed by atoms with E-state index in [0.29, 0.717) is 0 Å². The van der Waals surface area contributed by atoms with Gasteiger partial charge in [0.05, 0.1) is 11.9 Å². The van der Waals surface area contributed by atoms with Crippen LogP contribution in [-0.2, 0) is 10.4 Å². The Kier molecular flexibility index (Phi) is 16.3. The molecule has 0 aromatic rings. The van der Waals surface area contributed by atoms with E-state index in [-0.39, 0.29) is 29.6 Å². The van der Waals surface area contributed by atoms with E-state index in [1.165, 1.54) is 0 Å². The fraction of sp³-hybridized carbons (Fsp3) is 0. The van der Waals surface area contributed by atoms with E-state index >= 15 is 0 Å². The van der Waals surface area contributed by atoms with Gasteiger partial charge >= 0.3 is 40.0 Å². The molecular weight excluding hydrogens is 171 g/mol. The van der Waals surface area contributed by atoms with Crippen molar-refractivity contribution in [2.45, 2.75) is 0 Å². The van der Waals surface area contributed by atoms with E-state index in [1.54, 1.807) is 0 Å². The van der Waals surface area contributed by atoms with Crippen molar-refractivity contribution in [3.05, 3.63) is 0 Å². The molecule has 0 bridgehead atoms. The number of rotatable bonds is 0. The molecule has 0 aliphatic rings. The molecule has 0 rings (SSSR count). The van der Waals surface area contributed by atoms with E-state index in [4.69, 9.17) is 22.2 Å². The monoisotopic (exact) mass is 174 g/mol. The molecule has 0 atom stereocenters. The molecule has 0 unspecified atom stereocenters. The quantitative estimate of drug-likeness (QED) is 0.318. The normalized spacial score (nSPS) is 8.00. The van der Waals surface area contributed by atoms with Crippen molar-refractivity contribution >= 4 is 51.8 Å². The first kappa shape index (κ1) is 16.1. The average molecular weight is 175 g/mol. The standard InChI is InChI=1S/ClHO.Na.H2O4S.H/c1-2;;1-5(2,3)4;/h2H;;(H2,1,2,3,4);. The third-order valence-corrected chi connectivity index (χ3v) is 0. The molecule has 0 aliphatic heterocycles. The van der Waals surface area contributed by atoms with Crippen molar-refractivity contribution in [2.24, 2.45) is 0 Å². The van der Waals surface area contributed by atoms with Gasteiger partial charge in [0.15, 0.2) is 0 Å². The Hall–Kier alpha value is 1.12. The first-order valence-electron chi connectivity index (χ1n) is 0.868. The Labute approximate surface area is 73.7 Å². The Morgan fingerprint density at radius 1 is 1.12 bits per heavy atom. The summed E-state index contributed by atoms with van der Waals surface area (Å²) in [4.78, 5) is 0. The maximum atomic E-state index is 8.74. The molecule has 8 heavy (non-hydrogen) atoms. The van der Waals surface area contributed by atoms with E-state index in [2.05, 4.69) is 11.9 Å². The second kappa shape index (κ2) is 8.12. The van der Waals surface area contributed by atoms with Crippen LogP contribution < -0.4 is 0 Å². The SMILES string of the molecule is O=S(=O)(O)O.OCl.[NaH]. The molecule has 0 aromatic heterocycles. The zero-order valence-electron chi connectivity index (χ0n) is 2.94. The van der Waals surface area contributed by atoms with Gasteiger partial charge in [-0.1, -0.05) is 0 Å². The summed E-state index contributed by atoms with van der Waals surface area (Å²) in [5.41, 5.74) is 0. The molecule has 8 heteroatoms. The average Bonchev–Trinajstić information content (AvgIpc) is 1.36. The second-order valence-corrected chi connectivity index (χ2v) is 1.34. The number of halogens is 1. The van der Waals surface area contributed by atoms with E-state index < -0.39 is 10.4 Å². The van der Waals surface area contributed by atoms with Gasteiger partial charge in [-0.3, -0.25) is 13.8 Å². The topological polar surface area (TPSA) is 94.8 Å². The van der Waals surface area contributed by atoms with Crippen molar-refractivity contribution in [3.8, 4) is 0 Å². The maximum absolute atomic E-state index is 8.74. The third-order valence-electron chi connectivity index (χ3n) is 0. The minimum absolute atomic E-state index is 0. The van der Waals surface area contributed by atoms with Crippen molar-refractivity contribution in [2.75, 3.05) is 0 Å². The fourth-order valence-electron chi connectivity index (χ4n) is 0. The van der Waals surface area contributed by atoms with Gasteiger partial charge in [-0.2, -0.15) is 8.42 Å². The summed E-state index contributed by atoms with van der Waals surface area (Å²) in [6.07, 6.45) is 0. The molecule has 3 N–H and O–H groups in total. The van der Waals surface area contributed by atoms with Gasteiger partial charge in [0.2, 0.25) is 0 Å². The van der Waals surface area contributed by atoms with Crippen LogP contribution in [0.4, 0.5) is 0 Å². The zero-order valence-corrected chi connectivity index (χ0v) is 4.52. The zero-order chi connectivity index (χ0) is 6.50. The predicted octanol–water partition coefficient (Wildman–Crippen LogP) is -1.17. The Morgan fingerprint density at radius 2 is 1.12 bits per heavy atom. The van der Waals surface area contributed by atoms with Crippen LogP contribution in [0.2, 0.25) is 0 Å². The molecular formula is H4ClNaO5S. The molecule has 0 fully saturated rings. The summed E-state index contributed by atoms with van der Waals surface area (Å²) in [5.74, 6) is 0. The summed E-state index contributed by atoms with van der Waals surface area (Å²) in [6, 6.07) is 0. The Morgan fingerprint density at radius 3 is 1.12 bits per heavy atom. The van der Waals surface area contributed by atoms with Crippen LogP contribution in [-0.4, -0.2) is 51.7 Å². The van der Waals surface area contributed by atoms with Crippen LogP contribution in [0, 0.1) is 0 Å². The third kappa shape index (κ3) is 213. The summed E-state index contributed by atoms with van der Waals surface area (Å²) < 4.78 is 38.1. The fourth-order valence-corrected chi connectivity index (χ4v) is 0. The molecule has 0 saturated heterocycles. The van der Waals surface area contributed by atoms with E-state index in [1.807, 2.05) is 0 Å². The summed E-state index contributed by atoms with van der Waals surface area (Å²) in [5, 5.41) is 0. The van der Waals surface area contributed by atoms with E-state index in [0.717, 1.165) is 0 Å². The van der Waals surface area contributed by atoms with Crippen LogP contribution in [0.15, 0.2) is 0 Å². The molecule has 0 aromatic carbocycles. The Bertz CT molecular complexity index is 95.6. The number of hydrogen-bond acceptors (Lipinski definition) is 3. The van der Waals surface area contributed by atoms with Gasteiger partial charge in [-0.15, -0.1) is 0 Å². The van der Waals surface area contributed by atoms with Crippen molar-refractivity contribution < 1.29 is 22.2 Å². The van der Waals surface area contributed by atoms with Gasteiger partial charge in [0.25, 0.3) is 0 Å². The van der Waals surface area contributed by atoms with Gasteiger partial charge in [0, 0.05) is 0 Å². The van der Waals surface area contributed by atoms with Gasteiger partial charge < -0.3 is 0 Å². The predicted molar refractivity (Wildman–Crippen MR) is 29.4 cm³/mol. The van der Waals surface area contributed by atoms with Crippen LogP contribution in [0.25, 0.3) is 0 Å². The van der Waals surface area contributed by atoms with Gasteiger partial charge in [-0.25, -0.2) is 0 Å². The van der Waals surface area contributed by atoms with Crippen molar-refractivity contribution in [3.63, 3.8) is 0 Å². The van der Waals surface area contributed by atoms with Gasteiger partial charge in [-0.05, 0) is 0 Å². The molecule has 0 aliphatic carbocycles. The van der Waals surface area contributed by atoms with Crippen molar-refractivity contribution in [1.29, 1.82) is 0 Å². The van der Waals surface area contributed by atoms with Crippen molar-refractivity contribution in [1.82, 2.24) is 0 Å². The van der Waals surface area contributed by atoms with Crippen LogP contribution >= 0.6 is 11.9 Å². The van der Waals surface area contributed by atoms with Crippen LogP contribution in [0.5, 0.6) is 0 Å². The number of hydrogen-bond donors (Lipinski definition) is 3. The van der Waals surface area contributed by atoms with Crippen LogP contribution in [0.1, 0.15) is 0 Å². The summed E-state index contributed by atoms with van der Waals surface area (Å²) in [6.45, 7) is 0. The molecule has 5 nitrogen and oxygen atoms in total. The van der Waals surface area contributed by atoms with Gasteiger partial charge in [0.1, 0.15) is 0 Å². The molecule has 0 amide bonds. The molecule has 0 radical (unpaired) electrons. The first-order chi connectivity index (χ1) is 3.00. The second-order valence-electron chi connectivity index (χ2n) is 0.448.